The van der Waals surface area contributed by atoms with E-state index < -0.39 is 0 Å². The van der Waals surface area contributed by atoms with Gasteiger partial charge in [-0.2, -0.15) is 0 Å². The van der Waals surface area contributed by atoms with Crippen LogP contribution >= 0.6 is 11.3 Å². The fraction of sp³-hybridized carbons (Fsp3) is 0.524. The summed E-state index contributed by atoms with van der Waals surface area (Å²) in [6, 6.07) is 10.5. The van der Waals surface area contributed by atoms with Crippen molar-refractivity contribution in [2.45, 2.75) is 37.5 Å². The molecule has 2 aromatic rings. The highest BCUT2D eigenvalue weighted by atomic mass is 32.1. The fourth-order valence-corrected chi connectivity index (χ4v) is 5.10. The molecule has 144 valence electrons. The van der Waals surface area contributed by atoms with Crippen LogP contribution in [0, 0.1) is 5.92 Å². The molecule has 2 N–H and O–H groups in total. The molecule has 0 aliphatic carbocycles. The summed E-state index contributed by atoms with van der Waals surface area (Å²) in [7, 11) is 0. The monoisotopic (exact) mass is 385 g/mol. The van der Waals surface area contributed by atoms with Crippen molar-refractivity contribution in [3.05, 3.63) is 47.0 Å². The number of piperidine rings is 1. The zero-order valence-electron chi connectivity index (χ0n) is 15.6. The molecule has 3 heterocycles. The minimum atomic E-state index is -0.153. The van der Waals surface area contributed by atoms with Crippen LogP contribution in [0.3, 0.4) is 0 Å². The van der Waals surface area contributed by atoms with Gasteiger partial charge in [-0.25, -0.2) is 4.98 Å². The van der Waals surface area contributed by atoms with Crippen LogP contribution in [0.1, 0.15) is 43.4 Å². The van der Waals surface area contributed by atoms with Crippen molar-refractivity contribution >= 4 is 22.4 Å². The maximum absolute atomic E-state index is 12.8. The second-order valence-electron chi connectivity index (χ2n) is 7.69. The number of anilines is 1. The minimum absolute atomic E-state index is 0.153. The molecule has 1 atom stereocenters. The number of nitrogens with two attached hydrogens (primary N) is 1. The van der Waals surface area contributed by atoms with E-state index in [4.69, 9.17) is 10.5 Å². The Morgan fingerprint density at radius 1 is 1.30 bits per heavy atom. The van der Waals surface area contributed by atoms with Crippen molar-refractivity contribution in [3.8, 4) is 0 Å². The van der Waals surface area contributed by atoms with Crippen LogP contribution in [0.15, 0.2) is 35.7 Å². The number of amides is 1. The van der Waals surface area contributed by atoms with Gasteiger partial charge in [0, 0.05) is 43.5 Å². The van der Waals surface area contributed by atoms with Gasteiger partial charge in [0.05, 0.1) is 5.69 Å². The number of carbonyl (C=O) groups is 1. The maximum atomic E-state index is 12.8. The third-order valence-corrected chi connectivity index (χ3v) is 6.70. The number of nitrogen functional groups attached to an aromatic ring is 1. The lowest BCUT2D eigenvalue weighted by molar-refractivity contribution is -0.134. The number of hydrogen-bond donors (Lipinski definition) is 1. The van der Waals surface area contributed by atoms with Gasteiger partial charge in [0.15, 0.2) is 5.13 Å². The number of benzene rings is 1. The number of rotatable bonds is 4. The van der Waals surface area contributed by atoms with Crippen LogP contribution in [0.25, 0.3) is 0 Å². The molecule has 0 saturated carbocycles. The smallest absolute Gasteiger partial charge is 0.222 e. The highest BCUT2D eigenvalue weighted by molar-refractivity contribution is 7.13. The molecule has 2 aliphatic heterocycles. The van der Waals surface area contributed by atoms with Crippen molar-refractivity contribution in [1.82, 2.24) is 9.88 Å². The van der Waals surface area contributed by atoms with Crippen molar-refractivity contribution < 1.29 is 9.53 Å². The van der Waals surface area contributed by atoms with Gasteiger partial charge in [-0.15, -0.1) is 11.3 Å². The van der Waals surface area contributed by atoms with Crippen molar-refractivity contribution in [3.63, 3.8) is 0 Å². The van der Waals surface area contributed by atoms with Crippen LogP contribution in [0.5, 0.6) is 0 Å². The minimum Gasteiger partial charge on any atom is -0.381 e. The number of nitrogens with zero attached hydrogens (tertiary/aromatic N) is 2. The molecule has 4 rings (SSSR count). The average Bonchev–Trinajstić information content (AvgIpc) is 3.16. The Hall–Kier alpha value is -1.92. The number of aromatic nitrogens is 1. The Morgan fingerprint density at radius 3 is 2.70 bits per heavy atom. The highest BCUT2D eigenvalue weighted by Crippen LogP contribution is 2.42. The SMILES string of the molecule is Nc1nc(C2(c3ccccc3)CCN(C(=O)CC3CCCOC3)CC2)cs1. The first kappa shape index (κ1) is 18.4. The normalized spacial score (nSPS) is 22.5. The molecule has 6 heteroatoms. The van der Waals surface area contributed by atoms with Crippen LogP contribution in [0.4, 0.5) is 5.13 Å². The summed E-state index contributed by atoms with van der Waals surface area (Å²) in [6.07, 6.45) is 4.55. The Bertz CT molecular complexity index is 763. The van der Waals surface area contributed by atoms with E-state index in [1.165, 1.54) is 16.9 Å². The first-order chi connectivity index (χ1) is 13.2. The number of hydrogen-bond acceptors (Lipinski definition) is 5. The Morgan fingerprint density at radius 2 is 2.07 bits per heavy atom. The van der Waals surface area contributed by atoms with Crippen LogP contribution in [0.2, 0.25) is 0 Å². The second-order valence-corrected chi connectivity index (χ2v) is 8.58. The number of likely N-dealkylation sites (tertiary alicyclic amines) is 1. The third kappa shape index (κ3) is 3.87. The van der Waals surface area contributed by atoms with E-state index in [-0.39, 0.29) is 11.3 Å². The summed E-state index contributed by atoms with van der Waals surface area (Å²) in [5.41, 5.74) is 8.09. The summed E-state index contributed by atoms with van der Waals surface area (Å²) in [4.78, 5) is 19.4. The largest absolute Gasteiger partial charge is 0.381 e. The van der Waals surface area contributed by atoms with Gasteiger partial charge < -0.3 is 15.4 Å². The van der Waals surface area contributed by atoms with Gasteiger partial charge in [-0.05, 0) is 37.2 Å². The van der Waals surface area contributed by atoms with E-state index in [0.29, 0.717) is 17.5 Å². The van der Waals surface area contributed by atoms with Crippen LogP contribution in [-0.2, 0) is 14.9 Å². The zero-order chi connectivity index (χ0) is 18.7. The molecule has 2 fully saturated rings. The first-order valence-corrected chi connectivity index (χ1v) is 10.7. The van der Waals surface area contributed by atoms with E-state index in [2.05, 4.69) is 34.6 Å². The molecule has 0 bridgehead atoms. The van der Waals surface area contributed by atoms with Crippen molar-refractivity contribution in [2.75, 3.05) is 32.0 Å². The number of ether oxygens (including phenoxy) is 1. The topological polar surface area (TPSA) is 68.5 Å². The summed E-state index contributed by atoms with van der Waals surface area (Å²) < 4.78 is 5.53. The van der Waals surface area contributed by atoms with Crippen LogP contribution in [-0.4, -0.2) is 42.1 Å². The fourth-order valence-electron chi connectivity index (χ4n) is 4.44. The molecular weight excluding hydrogens is 358 g/mol. The van der Waals surface area contributed by atoms with Gasteiger partial charge in [0.25, 0.3) is 0 Å². The van der Waals surface area contributed by atoms with Gasteiger partial charge in [-0.3, -0.25) is 4.79 Å². The lowest BCUT2D eigenvalue weighted by atomic mass is 9.70. The molecule has 27 heavy (non-hydrogen) atoms. The van der Waals surface area contributed by atoms with Crippen LogP contribution < -0.4 is 5.73 Å². The molecule has 0 radical (unpaired) electrons. The molecule has 5 nitrogen and oxygen atoms in total. The standard InChI is InChI=1S/C21H27N3O2S/c22-20-23-18(15-27-20)21(17-6-2-1-3-7-17)8-10-24(11-9-21)19(25)13-16-5-4-12-26-14-16/h1-3,6-7,15-16H,4-5,8-14H2,(H2,22,23). The Kier molecular flexibility index (Phi) is 5.45. The van der Waals surface area contributed by atoms with Gasteiger partial charge in [0.2, 0.25) is 5.91 Å². The van der Waals surface area contributed by atoms with Crippen molar-refractivity contribution in [1.29, 1.82) is 0 Å². The molecule has 1 aromatic heterocycles. The first-order valence-electron chi connectivity index (χ1n) is 9.80. The number of thiazole rings is 1. The predicted octanol–water partition coefficient (Wildman–Crippen LogP) is 3.45. The van der Waals surface area contributed by atoms with E-state index in [1.54, 1.807) is 0 Å². The summed E-state index contributed by atoms with van der Waals surface area (Å²) in [6.45, 7) is 3.09. The average molecular weight is 386 g/mol. The van der Waals surface area contributed by atoms with E-state index in [1.807, 2.05) is 11.0 Å². The van der Waals surface area contributed by atoms with E-state index >= 15 is 0 Å². The van der Waals surface area contributed by atoms with Crippen molar-refractivity contribution in [2.24, 2.45) is 5.92 Å². The lowest BCUT2D eigenvalue weighted by Crippen LogP contribution is -2.46. The molecule has 2 saturated heterocycles. The maximum Gasteiger partial charge on any atom is 0.222 e. The Balaban J connectivity index is 1.49. The van der Waals surface area contributed by atoms with Gasteiger partial charge in [0.1, 0.15) is 0 Å². The quantitative estimate of drug-likeness (QED) is 0.875. The molecule has 2 aliphatic rings. The Labute approximate surface area is 164 Å². The predicted molar refractivity (Wildman–Crippen MR) is 108 cm³/mol. The zero-order valence-corrected chi connectivity index (χ0v) is 16.4. The summed E-state index contributed by atoms with van der Waals surface area (Å²) in [5, 5.41) is 2.69. The van der Waals surface area contributed by atoms with E-state index in [9.17, 15) is 4.79 Å². The molecular formula is C21H27N3O2S. The summed E-state index contributed by atoms with van der Waals surface area (Å²) in [5.74, 6) is 0.648. The van der Waals surface area contributed by atoms with Gasteiger partial charge in [-0.1, -0.05) is 30.3 Å². The molecule has 1 aromatic carbocycles. The highest BCUT2D eigenvalue weighted by Gasteiger charge is 2.40. The molecule has 0 spiro atoms. The third-order valence-electron chi connectivity index (χ3n) is 6.03. The summed E-state index contributed by atoms with van der Waals surface area (Å²) >= 11 is 1.49. The molecule has 1 amide bonds. The van der Waals surface area contributed by atoms with E-state index in [0.717, 1.165) is 57.7 Å². The van der Waals surface area contributed by atoms with Gasteiger partial charge >= 0.3 is 0 Å². The lowest BCUT2D eigenvalue weighted by Gasteiger charge is -2.42. The second kappa shape index (κ2) is 7.98. The number of carbonyl (C=O) groups excluding carboxylic acids is 1. The molecule has 1 unspecified atom stereocenters.